The third-order valence-corrected chi connectivity index (χ3v) is 0.790. The van der Waals surface area contributed by atoms with Crippen molar-refractivity contribution in [2.75, 3.05) is 0 Å². The molecule has 46 valence electrons. The van der Waals surface area contributed by atoms with E-state index in [0.717, 1.165) is 6.08 Å². The van der Waals surface area contributed by atoms with E-state index in [1.54, 1.807) is 0 Å². The second-order valence-corrected chi connectivity index (χ2v) is 1.41. The second-order valence-electron chi connectivity index (χ2n) is 1.41. The largest absolute Gasteiger partial charge is 0.0914 e. The van der Waals surface area contributed by atoms with Crippen molar-refractivity contribution in [1.82, 2.24) is 0 Å². The molecular weight excluding hydrogens is 96.1 g/mol. The quantitative estimate of drug-likeness (QED) is 0.466. The lowest BCUT2D eigenvalue weighted by Gasteiger charge is -1.96. The van der Waals surface area contributed by atoms with Gasteiger partial charge in [0.25, 0.3) is 0 Å². The molecule has 0 nitrogen and oxygen atoms in total. The summed E-state index contributed by atoms with van der Waals surface area (Å²) in [4.78, 5) is 0. The van der Waals surface area contributed by atoms with Crippen LogP contribution >= 0.6 is 0 Å². The number of rotatable bonds is 1. The number of hydrogen-bond donors (Lipinski definition) is 0. The summed E-state index contributed by atoms with van der Waals surface area (Å²) < 4.78 is 68.4. The molecule has 0 atom stereocenters. The lowest BCUT2D eigenvalue weighted by molar-refractivity contribution is 0.685. The third kappa shape index (κ3) is 1.36. The maximum absolute atomic E-state index is 7.88. The highest BCUT2D eigenvalue weighted by Crippen LogP contribution is 2.25. The van der Waals surface area contributed by atoms with E-state index in [-0.39, 0.29) is 0 Å². The molecule has 0 saturated heterocycles. The standard InChI is InChI=1S/C8H14/c1-2-5-8-6-3-4-7-8/h2,5,8H,3-4,6-7H2,1H3/i3D2,4D2,6D2,7D2,8D. The summed E-state index contributed by atoms with van der Waals surface area (Å²) in [5, 5.41) is 0. The van der Waals surface area contributed by atoms with Gasteiger partial charge >= 0.3 is 0 Å². The monoisotopic (exact) mass is 119 g/mol. The SMILES string of the molecule is [2H]C1([2H])C([2H])([2H])C([2H])([2H])C([2H])(C=CC)C1([2H])[2H]. The first-order valence-electron chi connectivity index (χ1n) is 6.95. The highest BCUT2D eigenvalue weighted by atomic mass is 14.2. The molecule has 0 heterocycles. The summed E-state index contributed by atoms with van der Waals surface area (Å²) in [6.45, 7) is 1.45. The summed E-state index contributed by atoms with van der Waals surface area (Å²) in [6, 6.07) is 0. The van der Waals surface area contributed by atoms with Crippen LogP contribution in [0.15, 0.2) is 12.2 Å². The lowest BCUT2D eigenvalue weighted by Crippen LogP contribution is -1.83. The molecule has 0 bridgehead atoms. The molecule has 0 amide bonds. The predicted molar refractivity (Wildman–Crippen MR) is 36.8 cm³/mol. The molecule has 0 heteroatoms. The minimum atomic E-state index is -3.09. The van der Waals surface area contributed by atoms with Gasteiger partial charge in [0.1, 0.15) is 0 Å². The van der Waals surface area contributed by atoms with Gasteiger partial charge in [-0.1, -0.05) is 24.9 Å². The predicted octanol–water partition coefficient (Wildman–Crippen LogP) is 2.75. The summed E-state index contributed by atoms with van der Waals surface area (Å²) in [5.41, 5.74) is 0. The van der Waals surface area contributed by atoms with Crippen LogP contribution < -0.4 is 0 Å². The Morgan fingerprint density at radius 1 is 1.62 bits per heavy atom. The molecule has 0 aliphatic heterocycles. The van der Waals surface area contributed by atoms with Crippen LogP contribution in [0.5, 0.6) is 0 Å². The van der Waals surface area contributed by atoms with E-state index in [1.807, 2.05) is 0 Å². The highest BCUT2D eigenvalue weighted by Gasteiger charge is 2.09. The van der Waals surface area contributed by atoms with E-state index in [2.05, 4.69) is 0 Å². The summed E-state index contributed by atoms with van der Waals surface area (Å²) in [6.07, 6.45) is -10.0. The Morgan fingerprint density at radius 2 is 2.25 bits per heavy atom. The van der Waals surface area contributed by atoms with Crippen LogP contribution in [0, 0.1) is 5.89 Å². The van der Waals surface area contributed by atoms with Crippen LogP contribution in [0.2, 0.25) is 0 Å². The van der Waals surface area contributed by atoms with Crippen LogP contribution in [0.25, 0.3) is 0 Å². The van der Waals surface area contributed by atoms with Crippen LogP contribution in [0.4, 0.5) is 0 Å². The fraction of sp³-hybridized carbons (Fsp3) is 0.750. The van der Waals surface area contributed by atoms with Gasteiger partial charge in [-0.2, -0.15) is 0 Å². The van der Waals surface area contributed by atoms with Gasteiger partial charge in [0, 0.05) is 12.3 Å². The van der Waals surface area contributed by atoms with Gasteiger partial charge in [0.2, 0.25) is 0 Å². The van der Waals surface area contributed by atoms with E-state index in [1.165, 1.54) is 13.0 Å². The first-order chi connectivity index (χ1) is 7.31. The average molecular weight is 119 g/mol. The fourth-order valence-corrected chi connectivity index (χ4v) is 0.478. The Balaban J connectivity index is 3.65. The Hall–Kier alpha value is -0.260. The molecule has 1 aliphatic carbocycles. The molecule has 0 radical (unpaired) electrons. The Kier molecular flexibility index (Phi) is 0.456. The molecule has 0 aromatic rings. The maximum atomic E-state index is 7.88. The van der Waals surface area contributed by atoms with Crippen LogP contribution in [0.1, 0.15) is 44.8 Å². The lowest BCUT2D eigenvalue weighted by atomic mass is 10.1. The van der Waals surface area contributed by atoms with Gasteiger partial charge in [-0.25, -0.2) is 0 Å². The molecule has 0 aromatic carbocycles. The van der Waals surface area contributed by atoms with Crippen molar-refractivity contribution in [3.8, 4) is 0 Å². The molecule has 0 spiro atoms. The van der Waals surface area contributed by atoms with Crippen molar-refractivity contribution in [1.29, 1.82) is 0 Å². The van der Waals surface area contributed by atoms with Crippen LogP contribution in [-0.2, 0) is 0 Å². The average Bonchev–Trinajstić information content (AvgIpc) is 2.19. The Morgan fingerprint density at radius 3 is 2.75 bits per heavy atom. The van der Waals surface area contributed by atoms with Crippen molar-refractivity contribution >= 4 is 0 Å². The Bertz CT molecular complexity index is 328. The first kappa shape index (κ1) is 1.25. The van der Waals surface area contributed by atoms with Gasteiger partial charge in [0.15, 0.2) is 0 Å². The van der Waals surface area contributed by atoms with Crippen molar-refractivity contribution < 1.29 is 12.3 Å². The van der Waals surface area contributed by atoms with E-state index in [0.29, 0.717) is 0 Å². The summed E-state index contributed by atoms with van der Waals surface area (Å²) in [5.74, 6) is -2.61. The van der Waals surface area contributed by atoms with Crippen LogP contribution in [0.3, 0.4) is 0 Å². The molecule has 1 saturated carbocycles. The zero-order valence-corrected chi connectivity index (χ0v) is 4.65. The van der Waals surface area contributed by atoms with E-state index in [9.17, 15) is 0 Å². The Labute approximate surface area is 64.2 Å². The van der Waals surface area contributed by atoms with Crippen molar-refractivity contribution in [3.63, 3.8) is 0 Å². The molecule has 1 rings (SSSR count). The summed E-state index contributed by atoms with van der Waals surface area (Å²) >= 11 is 0. The topological polar surface area (TPSA) is 0 Å². The maximum Gasteiger partial charge on any atom is 0.0346 e. The fourth-order valence-electron chi connectivity index (χ4n) is 0.478. The van der Waals surface area contributed by atoms with Crippen molar-refractivity contribution in [2.45, 2.75) is 32.4 Å². The minimum Gasteiger partial charge on any atom is -0.0914 e. The van der Waals surface area contributed by atoms with Gasteiger partial charge in [-0.3, -0.25) is 0 Å². The molecule has 0 N–H and O–H groups in total. The van der Waals surface area contributed by atoms with Gasteiger partial charge < -0.3 is 0 Å². The molecule has 1 fully saturated rings. The van der Waals surface area contributed by atoms with E-state index >= 15 is 0 Å². The normalized spacial score (nSPS) is 68.9. The van der Waals surface area contributed by atoms with Gasteiger partial charge in [0.05, 0.1) is 0 Å². The van der Waals surface area contributed by atoms with E-state index < -0.39 is 31.4 Å². The second kappa shape index (κ2) is 2.91. The minimum absolute atomic E-state index is 0.885. The molecule has 8 heavy (non-hydrogen) atoms. The summed E-state index contributed by atoms with van der Waals surface area (Å²) in [7, 11) is 0. The number of allylic oxidation sites excluding steroid dienone is 2. The zero-order chi connectivity index (χ0) is 13.9. The number of hydrogen-bond acceptors (Lipinski definition) is 0. The van der Waals surface area contributed by atoms with E-state index in [4.69, 9.17) is 12.3 Å². The van der Waals surface area contributed by atoms with Crippen molar-refractivity contribution in [2.24, 2.45) is 5.89 Å². The van der Waals surface area contributed by atoms with Gasteiger partial charge in [-0.05, 0) is 25.6 Å². The van der Waals surface area contributed by atoms with Gasteiger partial charge in [-0.15, -0.1) is 0 Å². The van der Waals surface area contributed by atoms with Crippen molar-refractivity contribution in [3.05, 3.63) is 12.2 Å². The molecule has 1 aliphatic rings. The zero-order valence-electron chi connectivity index (χ0n) is 13.7. The first-order valence-corrected chi connectivity index (χ1v) is 2.45. The third-order valence-electron chi connectivity index (χ3n) is 0.790. The molecular formula is C8H14. The highest BCUT2D eigenvalue weighted by molar-refractivity contribution is 4.87. The molecule has 0 unspecified atom stereocenters. The molecule has 0 aromatic heterocycles. The smallest absolute Gasteiger partial charge is 0.0346 e. The van der Waals surface area contributed by atoms with Crippen LogP contribution in [-0.4, -0.2) is 0 Å².